The van der Waals surface area contributed by atoms with E-state index in [9.17, 15) is 8.42 Å². The van der Waals surface area contributed by atoms with E-state index in [2.05, 4.69) is 5.32 Å². The summed E-state index contributed by atoms with van der Waals surface area (Å²) < 4.78 is 23.6. The number of hydrogen-bond acceptors (Lipinski definition) is 4. The van der Waals surface area contributed by atoms with Crippen molar-refractivity contribution < 1.29 is 8.42 Å². The third-order valence-electron chi connectivity index (χ3n) is 2.03. The van der Waals surface area contributed by atoms with Crippen LogP contribution in [-0.4, -0.2) is 56.7 Å². The first kappa shape index (κ1) is 11.3. The summed E-state index contributed by atoms with van der Waals surface area (Å²) in [7, 11) is -1.38. The van der Waals surface area contributed by atoms with Gasteiger partial charge in [-0.3, -0.25) is 0 Å². The standard InChI is InChI=1S/C7H16N2O2S2/c1-9(13(2,10)11)6-7-5-8-3-4-12-7/h7-8H,3-6H2,1-2H3. The lowest BCUT2D eigenvalue weighted by atomic mass is 10.4. The zero-order chi connectivity index (χ0) is 9.90. The topological polar surface area (TPSA) is 49.4 Å². The molecule has 0 saturated carbocycles. The summed E-state index contributed by atoms with van der Waals surface area (Å²) in [4.78, 5) is 0. The van der Waals surface area contributed by atoms with Gasteiger partial charge in [-0.1, -0.05) is 0 Å². The summed E-state index contributed by atoms with van der Waals surface area (Å²) in [5.74, 6) is 1.07. The van der Waals surface area contributed by atoms with Crippen molar-refractivity contribution >= 4 is 21.8 Å². The van der Waals surface area contributed by atoms with Gasteiger partial charge in [0.2, 0.25) is 10.0 Å². The third-order valence-corrected chi connectivity index (χ3v) is 4.54. The minimum atomic E-state index is -3.01. The second kappa shape index (κ2) is 4.63. The smallest absolute Gasteiger partial charge is 0.210 e. The van der Waals surface area contributed by atoms with Crippen LogP contribution in [0.3, 0.4) is 0 Å². The van der Waals surface area contributed by atoms with E-state index >= 15 is 0 Å². The lowest BCUT2D eigenvalue weighted by Gasteiger charge is -2.25. The van der Waals surface area contributed by atoms with E-state index in [1.807, 2.05) is 11.8 Å². The Bertz CT molecular complexity index is 247. The van der Waals surface area contributed by atoms with Crippen LogP contribution in [0.4, 0.5) is 0 Å². The van der Waals surface area contributed by atoms with E-state index in [1.165, 1.54) is 10.6 Å². The van der Waals surface area contributed by atoms with E-state index in [4.69, 9.17) is 0 Å². The number of nitrogens with zero attached hydrogens (tertiary/aromatic N) is 1. The van der Waals surface area contributed by atoms with Crippen molar-refractivity contribution in [2.75, 3.05) is 38.7 Å². The average molecular weight is 224 g/mol. The number of nitrogens with one attached hydrogen (secondary N) is 1. The molecule has 1 unspecified atom stereocenters. The maximum absolute atomic E-state index is 11.1. The molecule has 13 heavy (non-hydrogen) atoms. The van der Waals surface area contributed by atoms with E-state index in [0.717, 1.165) is 18.8 Å². The molecule has 0 bridgehead atoms. The summed E-state index contributed by atoms with van der Waals surface area (Å²) in [5, 5.41) is 3.65. The number of hydrogen-bond donors (Lipinski definition) is 1. The molecule has 0 aromatic heterocycles. The van der Waals surface area contributed by atoms with Crippen LogP contribution in [0.25, 0.3) is 0 Å². The summed E-state index contributed by atoms with van der Waals surface area (Å²) >= 11 is 1.84. The molecule has 0 spiro atoms. The minimum Gasteiger partial charge on any atom is -0.315 e. The largest absolute Gasteiger partial charge is 0.315 e. The van der Waals surface area contributed by atoms with Gasteiger partial charge in [-0.25, -0.2) is 12.7 Å². The Hall–Kier alpha value is 0.220. The zero-order valence-electron chi connectivity index (χ0n) is 7.99. The molecule has 0 aromatic rings. The highest BCUT2D eigenvalue weighted by molar-refractivity contribution is 8.00. The van der Waals surface area contributed by atoms with Crippen molar-refractivity contribution in [2.24, 2.45) is 0 Å². The predicted molar refractivity (Wildman–Crippen MR) is 56.6 cm³/mol. The van der Waals surface area contributed by atoms with Gasteiger partial charge in [0.1, 0.15) is 0 Å². The molecule has 1 saturated heterocycles. The van der Waals surface area contributed by atoms with Crippen molar-refractivity contribution in [3.63, 3.8) is 0 Å². The highest BCUT2D eigenvalue weighted by Crippen LogP contribution is 2.14. The molecular formula is C7H16N2O2S2. The molecule has 0 aliphatic carbocycles. The Morgan fingerprint density at radius 1 is 1.62 bits per heavy atom. The predicted octanol–water partition coefficient (Wildman–Crippen LogP) is -0.417. The Kier molecular flexibility index (Phi) is 4.03. The van der Waals surface area contributed by atoms with Gasteiger partial charge >= 0.3 is 0 Å². The Labute approximate surface area is 84.1 Å². The van der Waals surface area contributed by atoms with E-state index in [0.29, 0.717) is 11.8 Å². The molecule has 1 rings (SSSR count). The molecule has 0 amide bonds. The minimum absolute atomic E-state index is 0.397. The van der Waals surface area contributed by atoms with E-state index in [1.54, 1.807) is 7.05 Å². The fraction of sp³-hybridized carbons (Fsp3) is 1.00. The molecule has 1 heterocycles. The summed E-state index contributed by atoms with van der Waals surface area (Å²) in [6.07, 6.45) is 1.24. The molecule has 1 aliphatic rings. The fourth-order valence-electron chi connectivity index (χ4n) is 1.16. The first-order valence-corrected chi connectivity index (χ1v) is 7.13. The van der Waals surface area contributed by atoms with Crippen molar-refractivity contribution in [3.05, 3.63) is 0 Å². The lowest BCUT2D eigenvalue weighted by Crippen LogP contribution is -2.41. The molecule has 1 fully saturated rings. The average Bonchev–Trinajstić information content (AvgIpc) is 2.04. The highest BCUT2D eigenvalue weighted by atomic mass is 32.2. The van der Waals surface area contributed by atoms with Gasteiger partial charge in [0, 0.05) is 37.7 Å². The summed E-state index contributed by atoms with van der Waals surface area (Å²) in [5.41, 5.74) is 0. The van der Waals surface area contributed by atoms with Gasteiger partial charge in [-0.15, -0.1) is 0 Å². The Morgan fingerprint density at radius 2 is 2.31 bits per heavy atom. The van der Waals surface area contributed by atoms with Crippen LogP contribution >= 0.6 is 11.8 Å². The van der Waals surface area contributed by atoms with Crippen molar-refractivity contribution in [3.8, 4) is 0 Å². The first-order chi connectivity index (χ1) is 6.00. The van der Waals surface area contributed by atoms with Crippen molar-refractivity contribution in [2.45, 2.75) is 5.25 Å². The second-order valence-corrected chi connectivity index (χ2v) is 6.74. The van der Waals surface area contributed by atoms with Gasteiger partial charge in [-0.05, 0) is 0 Å². The van der Waals surface area contributed by atoms with Gasteiger partial charge in [0.05, 0.1) is 6.26 Å². The zero-order valence-corrected chi connectivity index (χ0v) is 9.62. The van der Waals surface area contributed by atoms with Crippen LogP contribution in [0.2, 0.25) is 0 Å². The normalized spacial score (nSPS) is 25.0. The van der Waals surface area contributed by atoms with Crippen LogP contribution in [0.1, 0.15) is 0 Å². The monoisotopic (exact) mass is 224 g/mol. The van der Waals surface area contributed by atoms with Gasteiger partial charge in [0.15, 0.2) is 0 Å². The van der Waals surface area contributed by atoms with Crippen LogP contribution < -0.4 is 5.32 Å². The molecule has 4 nitrogen and oxygen atoms in total. The number of thioether (sulfide) groups is 1. The fourth-order valence-corrected chi connectivity index (χ4v) is 2.86. The molecular weight excluding hydrogens is 208 g/mol. The Balaban J connectivity index is 2.39. The Morgan fingerprint density at radius 3 is 2.77 bits per heavy atom. The van der Waals surface area contributed by atoms with Crippen molar-refractivity contribution in [1.29, 1.82) is 0 Å². The maximum Gasteiger partial charge on any atom is 0.210 e. The van der Waals surface area contributed by atoms with Crippen LogP contribution in [0.15, 0.2) is 0 Å². The molecule has 1 atom stereocenters. The molecule has 0 radical (unpaired) electrons. The van der Waals surface area contributed by atoms with Crippen LogP contribution in [0.5, 0.6) is 0 Å². The molecule has 0 aromatic carbocycles. The molecule has 1 aliphatic heterocycles. The quantitative estimate of drug-likeness (QED) is 0.707. The van der Waals surface area contributed by atoms with Crippen LogP contribution in [0, 0.1) is 0 Å². The van der Waals surface area contributed by atoms with Gasteiger partial charge < -0.3 is 5.32 Å². The summed E-state index contributed by atoms with van der Waals surface area (Å²) in [6.45, 7) is 2.55. The molecule has 1 N–H and O–H groups in total. The summed E-state index contributed by atoms with van der Waals surface area (Å²) in [6, 6.07) is 0. The van der Waals surface area contributed by atoms with Gasteiger partial charge in [0.25, 0.3) is 0 Å². The van der Waals surface area contributed by atoms with Crippen LogP contribution in [-0.2, 0) is 10.0 Å². The second-order valence-electron chi connectivity index (χ2n) is 3.24. The SMILES string of the molecule is CN(CC1CNCCS1)S(C)(=O)=O. The lowest BCUT2D eigenvalue weighted by molar-refractivity contribution is 0.462. The number of sulfonamides is 1. The van der Waals surface area contributed by atoms with Gasteiger partial charge in [-0.2, -0.15) is 11.8 Å². The first-order valence-electron chi connectivity index (χ1n) is 4.24. The third kappa shape index (κ3) is 3.84. The molecule has 78 valence electrons. The number of rotatable bonds is 3. The molecule has 6 heteroatoms. The highest BCUT2D eigenvalue weighted by Gasteiger charge is 2.19. The van der Waals surface area contributed by atoms with E-state index in [-0.39, 0.29) is 0 Å². The van der Waals surface area contributed by atoms with Crippen molar-refractivity contribution in [1.82, 2.24) is 9.62 Å². The van der Waals surface area contributed by atoms with E-state index < -0.39 is 10.0 Å². The maximum atomic E-state index is 11.1.